The molecule has 17 heavy (non-hydrogen) atoms. The van der Waals surface area contributed by atoms with Gasteiger partial charge in [0, 0.05) is 5.69 Å². The number of rotatable bonds is 2. The van der Waals surface area contributed by atoms with Gasteiger partial charge in [0.15, 0.2) is 0 Å². The van der Waals surface area contributed by atoms with Gasteiger partial charge in [0.05, 0.1) is 0 Å². The van der Waals surface area contributed by atoms with E-state index in [2.05, 4.69) is 29.6 Å². The van der Waals surface area contributed by atoms with Crippen molar-refractivity contribution in [3.05, 3.63) is 54.6 Å². The van der Waals surface area contributed by atoms with E-state index in [0.29, 0.717) is 0 Å². The molecule has 1 N–H and O–H groups in total. The Bertz CT molecular complexity index is 703. The molecule has 2 heteroatoms. The molecule has 2 nitrogen and oxygen atoms in total. The lowest BCUT2D eigenvalue weighted by molar-refractivity contribution is 0.561. The molecule has 3 aromatic rings. The van der Waals surface area contributed by atoms with Gasteiger partial charge in [-0.05, 0) is 45.8 Å². The maximum absolute atomic E-state index is 10.3. The molecule has 0 aliphatic rings. The van der Waals surface area contributed by atoms with Gasteiger partial charge in [-0.15, -0.1) is 0 Å². The van der Waals surface area contributed by atoms with Crippen molar-refractivity contribution in [3.63, 3.8) is 0 Å². The van der Waals surface area contributed by atoms with E-state index >= 15 is 0 Å². The van der Waals surface area contributed by atoms with Gasteiger partial charge in [-0.25, -0.2) is 0 Å². The highest BCUT2D eigenvalue weighted by Gasteiger charge is 1.99. The summed E-state index contributed by atoms with van der Waals surface area (Å²) in [5, 5.41) is 7.25. The summed E-state index contributed by atoms with van der Waals surface area (Å²) >= 11 is 0. The van der Waals surface area contributed by atoms with Crippen LogP contribution in [0.1, 0.15) is 0 Å². The fourth-order valence-electron chi connectivity index (χ4n) is 2.08. The average molecular weight is 220 g/mol. The number of hydrogen-bond donors (Lipinski definition) is 1. The minimum absolute atomic E-state index is 0.766. The van der Waals surface area contributed by atoms with Crippen LogP contribution < -0.4 is 5.32 Å². The molecule has 0 saturated heterocycles. The summed E-state index contributed by atoms with van der Waals surface area (Å²) in [7, 11) is 0. The number of hydrogen-bond acceptors (Lipinski definition) is 1. The predicted octanol–water partition coefficient (Wildman–Crippen LogP) is 3.47. The molecule has 0 aromatic heterocycles. The van der Waals surface area contributed by atoms with Crippen LogP contribution in [0.2, 0.25) is 0 Å². The van der Waals surface area contributed by atoms with E-state index in [-0.39, 0.29) is 0 Å². The minimum Gasteiger partial charge on any atom is -0.318 e. The first-order valence-electron chi connectivity index (χ1n) is 5.42. The Morgan fingerprint density at radius 1 is 0.765 bits per heavy atom. The van der Waals surface area contributed by atoms with Crippen molar-refractivity contribution in [1.29, 1.82) is 0 Å². The van der Waals surface area contributed by atoms with E-state index in [1.807, 2.05) is 30.3 Å². The number of fused-ring (bicyclic) bond motifs is 2. The number of amides is 1. The normalized spacial score (nSPS) is 10.6. The van der Waals surface area contributed by atoms with Crippen LogP contribution in [-0.2, 0) is 4.79 Å². The first-order chi connectivity index (χ1) is 8.36. The molecular formula is C15H10NO. The number of carbonyl (C=O) groups excluding carboxylic acids is 1. The molecule has 0 heterocycles. The van der Waals surface area contributed by atoms with E-state index in [4.69, 9.17) is 0 Å². The molecule has 3 rings (SSSR count). The van der Waals surface area contributed by atoms with Gasteiger partial charge in [0.25, 0.3) is 0 Å². The van der Waals surface area contributed by atoms with Crippen molar-refractivity contribution in [2.24, 2.45) is 0 Å². The minimum atomic E-state index is 0.766. The number of anilines is 1. The van der Waals surface area contributed by atoms with E-state index in [9.17, 15) is 4.79 Å². The third-order valence-electron chi connectivity index (χ3n) is 2.90. The largest absolute Gasteiger partial charge is 0.318 e. The molecule has 0 aliphatic heterocycles. The molecule has 0 atom stereocenters. The monoisotopic (exact) mass is 220 g/mol. The molecule has 0 fully saturated rings. The lowest BCUT2D eigenvalue weighted by Crippen LogP contribution is -1.92. The van der Waals surface area contributed by atoms with Crippen LogP contribution in [-0.4, -0.2) is 6.41 Å². The van der Waals surface area contributed by atoms with Crippen LogP contribution in [0, 0.1) is 0 Å². The molecule has 1 radical (unpaired) electrons. The molecular weight excluding hydrogens is 210 g/mol. The van der Waals surface area contributed by atoms with Crippen LogP contribution in [0.4, 0.5) is 5.69 Å². The fourth-order valence-corrected chi connectivity index (χ4v) is 2.08. The van der Waals surface area contributed by atoms with E-state index in [0.717, 1.165) is 11.1 Å². The van der Waals surface area contributed by atoms with Gasteiger partial charge in [0.1, 0.15) is 0 Å². The zero-order valence-electron chi connectivity index (χ0n) is 9.10. The van der Waals surface area contributed by atoms with Crippen molar-refractivity contribution in [1.82, 2.24) is 0 Å². The zero-order chi connectivity index (χ0) is 11.7. The summed E-state index contributed by atoms with van der Waals surface area (Å²) in [6.45, 7) is 0. The second-order valence-electron chi connectivity index (χ2n) is 3.99. The average Bonchev–Trinajstić information content (AvgIpc) is 2.36. The van der Waals surface area contributed by atoms with Crippen LogP contribution >= 0.6 is 0 Å². The van der Waals surface area contributed by atoms with Crippen LogP contribution in [0.3, 0.4) is 0 Å². The second kappa shape index (κ2) is 3.91. The summed E-state index contributed by atoms with van der Waals surface area (Å²) in [5.41, 5.74) is 0.766. The predicted molar refractivity (Wildman–Crippen MR) is 70.8 cm³/mol. The fraction of sp³-hybridized carbons (Fsp3) is 0. The van der Waals surface area contributed by atoms with E-state index in [1.54, 1.807) is 6.41 Å². The molecule has 0 unspecified atom stereocenters. The van der Waals surface area contributed by atoms with Crippen LogP contribution in [0.25, 0.3) is 21.5 Å². The van der Waals surface area contributed by atoms with Gasteiger partial charge >= 0.3 is 6.41 Å². The summed E-state index contributed by atoms with van der Waals surface area (Å²) in [4.78, 5) is 10.3. The van der Waals surface area contributed by atoms with Crippen LogP contribution in [0.5, 0.6) is 0 Å². The molecule has 0 bridgehead atoms. The molecule has 0 aliphatic carbocycles. The maximum atomic E-state index is 10.3. The van der Waals surface area contributed by atoms with Crippen molar-refractivity contribution < 1.29 is 4.79 Å². The highest BCUT2D eigenvalue weighted by molar-refractivity contribution is 5.99. The maximum Gasteiger partial charge on any atom is 0.314 e. The number of benzene rings is 3. The molecule has 1 amide bonds. The third kappa shape index (κ3) is 1.74. The smallest absolute Gasteiger partial charge is 0.314 e. The SMILES string of the molecule is O=[C]Nc1ccc2cc3ccccc3cc2c1. The zero-order valence-corrected chi connectivity index (χ0v) is 9.10. The molecule has 0 saturated carbocycles. The lowest BCUT2D eigenvalue weighted by atomic mass is 10.0. The lowest BCUT2D eigenvalue weighted by Gasteiger charge is -2.04. The third-order valence-corrected chi connectivity index (χ3v) is 2.90. The Kier molecular flexibility index (Phi) is 2.26. The Hall–Kier alpha value is -2.35. The van der Waals surface area contributed by atoms with Crippen LogP contribution in [0.15, 0.2) is 54.6 Å². The summed E-state index contributed by atoms with van der Waals surface area (Å²) in [6.07, 6.45) is 1.69. The second-order valence-corrected chi connectivity index (χ2v) is 3.99. The molecule has 81 valence electrons. The van der Waals surface area contributed by atoms with Gasteiger partial charge in [-0.1, -0.05) is 30.3 Å². The Morgan fingerprint density at radius 2 is 1.41 bits per heavy atom. The first kappa shape index (κ1) is 9.85. The Morgan fingerprint density at radius 3 is 2.12 bits per heavy atom. The quantitative estimate of drug-likeness (QED) is 0.520. The highest BCUT2D eigenvalue weighted by atomic mass is 16.1. The van der Waals surface area contributed by atoms with Gasteiger partial charge in [0.2, 0.25) is 0 Å². The highest BCUT2D eigenvalue weighted by Crippen LogP contribution is 2.24. The van der Waals surface area contributed by atoms with Gasteiger partial charge in [-0.2, -0.15) is 0 Å². The Balaban J connectivity index is 2.28. The van der Waals surface area contributed by atoms with Crippen molar-refractivity contribution in [2.75, 3.05) is 5.32 Å². The van der Waals surface area contributed by atoms with Gasteiger partial charge < -0.3 is 5.32 Å². The Labute approximate surface area is 98.9 Å². The molecule has 0 spiro atoms. The summed E-state index contributed by atoms with van der Waals surface area (Å²) < 4.78 is 0. The first-order valence-corrected chi connectivity index (χ1v) is 5.42. The van der Waals surface area contributed by atoms with E-state index in [1.165, 1.54) is 16.2 Å². The molecule has 3 aromatic carbocycles. The van der Waals surface area contributed by atoms with Crippen molar-refractivity contribution in [2.45, 2.75) is 0 Å². The van der Waals surface area contributed by atoms with Gasteiger partial charge in [-0.3, -0.25) is 4.79 Å². The number of nitrogens with one attached hydrogen (secondary N) is 1. The summed E-state index contributed by atoms with van der Waals surface area (Å²) in [6, 6.07) is 18.3. The van der Waals surface area contributed by atoms with Crippen molar-refractivity contribution in [3.8, 4) is 0 Å². The topological polar surface area (TPSA) is 29.1 Å². The van der Waals surface area contributed by atoms with E-state index < -0.39 is 0 Å². The standard InChI is InChI=1S/C15H10NO/c17-10-16-15-6-5-13-7-11-3-1-2-4-12(11)8-14(13)9-15/h1-9H,(H,16,17). The van der Waals surface area contributed by atoms with Crippen molar-refractivity contribution >= 4 is 33.6 Å². The summed E-state index contributed by atoms with van der Waals surface area (Å²) in [5.74, 6) is 0.